The molecule has 5 heteroatoms. The molecule has 0 amide bonds. The van der Waals surface area contributed by atoms with Gasteiger partial charge in [-0.25, -0.2) is 9.18 Å². The van der Waals surface area contributed by atoms with Crippen LogP contribution in [0.5, 0.6) is 0 Å². The second-order valence-corrected chi connectivity index (χ2v) is 5.05. The highest BCUT2D eigenvalue weighted by Gasteiger charge is 2.12. The second kappa shape index (κ2) is 5.42. The van der Waals surface area contributed by atoms with Gasteiger partial charge in [-0.1, -0.05) is 23.4 Å². The molecule has 0 radical (unpaired) electrons. The molecule has 0 aliphatic rings. The fraction of sp³-hybridized carbons (Fsp3) is 0. The Morgan fingerprint density at radius 3 is 2.44 bits per heavy atom. The van der Waals surface area contributed by atoms with E-state index in [1.54, 1.807) is 24.3 Å². The lowest BCUT2D eigenvalue weighted by atomic mass is 10.2. The zero-order valence-corrected chi connectivity index (χ0v) is 10.6. The maximum absolute atomic E-state index is 13.0. The average Bonchev–Trinajstić information content (AvgIpc) is 2.34. The standard InChI is InChI=1S/C13H8ClFO2S/c14-8-1-4-10(5-2-8)18-12-6-3-9(15)7-11(12)13(16)17/h1-7H,(H,16,17). The number of hydrogen-bond donors (Lipinski definition) is 1. The van der Waals surface area contributed by atoms with Crippen molar-refractivity contribution in [3.05, 3.63) is 58.9 Å². The van der Waals surface area contributed by atoms with Crippen molar-refractivity contribution in [2.75, 3.05) is 0 Å². The maximum atomic E-state index is 13.0. The summed E-state index contributed by atoms with van der Waals surface area (Å²) in [6.45, 7) is 0. The minimum Gasteiger partial charge on any atom is -0.478 e. The van der Waals surface area contributed by atoms with Crippen molar-refractivity contribution in [1.29, 1.82) is 0 Å². The first-order valence-electron chi connectivity index (χ1n) is 5.02. The summed E-state index contributed by atoms with van der Waals surface area (Å²) in [6.07, 6.45) is 0. The number of aromatic carboxylic acids is 1. The molecule has 0 fully saturated rings. The van der Waals surface area contributed by atoms with E-state index in [4.69, 9.17) is 16.7 Å². The van der Waals surface area contributed by atoms with Gasteiger partial charge in [0, 0.05) is 14.8 Å². The maximum Gasteiger partial charge on any atom is 0.336 e. The topological polar surface area (TPSA) is 37.3 Å². The Bertz CT molecular complexity index is 584. The molecule has 0 bridgehead atoms. The molecule has 0 saturated heterocycles. The summed E-state index contributed by atoms with van der Waals surface area (Å²) in [5, 5.41) is 9.62. The van der Waals surface area contributed by atoms with Gasteiger partial charge in [0.1, 0.15) is 5.82 Å². The number of rotatable bonds is 3. The molecule has 1 N–H and O–H groups in total. The van der Waals surface area contributed by atoms with Gasteiger partial charge >= 0.3 is 5.97 Å². The van der Waals surface area contributed by atoms with Crippen LogP contribution in [0.3, 0.4) is 0 Å². The smallest absolute Gasteiger partial charge is 0.336 e. The van der Waals surface area contributed by atoms with Gasteiger partial charge in [-0.2, -0.15) is 0 Å². The zero-order chi connectivity index (χ0) is 13.1. The van der Waals surface area contributed by atoms with Crippen LogP contribution in [0.2, 0.25) is 5.02 Å². The van der Waals surface area contributed by atoms with E-state index in [-0.39, 0.29) is 5.56 Å². The molecule has 0 aliphatic heterocycles. The van der Waals surface area contributed by atoms with Crippen LogP contribution in [-0.4, -0.2) is 11.1 Å². The third-order valence-electron chi connectivity index (χ3n) is 2.21. The highest BCUT2D eigenvalue weighted by atomic mass is 35.5. The average molecular weight is 283 g/mol. The molecule has 0 spiro atoms. The minimum atomic E-state index is -1.15. The zero-order valence-electron chi connectivity index (χ0n) is 9.06. The van der Waals surface area contributed by atoms with E-state index < -0.39 is 11.8 Å². The molecule has 0 atom stereocenters. The summed E-state index contributed by atoms with van der Waals surface area (Å²) in [4.78, 5) is 12.4. The van der Waals surface area contributed by atoms with Gasteiger partial charge in [0.15, 0.2) is 0 Å². The summed E-state index contributed by atoms with van der Waals surface area (Å²) in [6, 6.07) is 10.7. The fourth-order valence-corrected chi connectivity index (χ4v) is 2.43. The molecule has 2 aromatic rings. The molecule has 2 aromatic carbocycles. The van der Waals surface area contributed by atoms with Gasteiger partial charge in [-0.3, -0.25) is 0 Å². The van der Waals surface area contributed by atoms with Crippen LogP contribution in [0.25, 0.3) is 0 Å². The van der Waals surface area contributed by atoms with Crippen LogP contribution < -0.4 is 0 Å². The molecule has 0 aliphatic carbocycles. The first kappa shape index (κ1) is 12.9. The van der Waals surface area contributed by atoms with E-state index in [2.05, 4.69) is 0 Å². The number of carboxylic acid groups (broad SMARTS) is 1. The Hall–Kier alpha value is -1.52. The minimum absolute atomic E-state index is 0.0463. The molecule has 2 nitrogen and oxygen atoms in total. The quantitative estimate of drug-likeness (QED) is 0.910. The van der Waals surface area contributed by atoms with Gasteiger partial charge in [-0.15, -0.1) is 0 Å². The Morgan fingerprint density at radius 1 is 1.17 bits per heavy atom. The molecule has 92 valence electrons. The van der Waals surface area contributed by atoms with Gasteiger partial charge in [0.2, 0.25) is 0 Å². The van der Waals surface area contributed by atoms with Crippen LogP contribution in [0, 0.1) is 5.82 Å². The van der Waals surface area contributed by atoms with Gasteiger partial charge in [0.05, 0.1) is 5.56 Å². The number of hydrogen-bond acceptors (Lipinski definition) is 2. The van der Waals surface area contributed by atoms with Crippen LogP contribution >= 0.6 is 23.4 Å². The normalized spacial score (nSPS) is 10.3. The highest BCUT2D eigenvalue weighted by Crippen LogP contribution is 2.31. The largest absolute Gasteiger partial charge is 0.478 e. The SMILES string of the molecule is O=C(O)c1cc(F)ccc1Sc1ccc(Cl)cc1. The van der Waals surface area contributed by atoms with E-state index in [1.807, 2.05) is 0 Å². The summed E-state index contributed by atoms with van der Waals surface area (Å²) < 4.78 is 13.0. The monoisotopic (exact) mass is 282 g/mol. The van der Waals surface area contributed by atoms with E-state index in [1.165, 1.54) is 23.9 Å². The van der Waals surface area contributed by atoms with Gasteiger partial charge < -0.3 is 5.11 Å². The Balaban J connectivity index is 2.34. The molecule has 0 heterocycles. The highest BCUT2D eigenvalue weighted by molar-refractivity contribution is 7.99. The van der Waals surface area contributed by atoms with E-state index >= 15 is 0 Å². The molecular formula is C13H8ClFO2S. The van der Waals surface area contributed by atoms with Crippen molar-refractivity contribution in [1.82, 2.24) is 0 Å². The summed E-state index contributed by atoms with van der Waals surface area (Å²) in [7, 11) is 0. The van der Waals surface area contributed by atoms with E-state index in [0.29, 0.717) is 9.92 Å². The lowest BCUT2D eigenvalue weighted by Crippen LogP contribution is -1.99. The van der Waals surface area contributed by atoms with Crippen molar-refractivity contribution in [3.63, 3.8) is 0 Å². The fourth-order valence-electron chi connectivity index (χ4n) is 1.39. The van der Waals surface area contributed by atoms with Crippen LogP contribution in [-0.2, 0) is 0 Å². The molecular weight excluding hydrogens is 275 g/mol. The summed E-state index contributed by atoms with van der Waals surface area (Å²) >= 11 is 7.02. The molecule has 0 saturated carbocycles. The third kappa shape index (κ3) is 3.03. The second-order valence-electron chi connectivity index (χ2n) is 3.50. The lowest BCUT2D eigenvalue weighted by molar-refractivity contribution is 0.0692. The Kier molecular flexibility index (Phi) is 3.89. The Morgan fingerprint density at radius 2 is 1.83 bits per heavy atom. The molecule has 2 rings (SSSR count). The first-order chi connectivity index (χ1) is 8.56. The lowest BCUT2D eigenvalue weighted by Gasteiger charge is -2.06. The van der Waals surface area contributed by atoms with Gasteiger partial charge in [0.25, 0.3) is 0 Å². The summed E-state index contributed by atoms with van der Waals surface area (Å²) in [5.74, 6) is -1.71. The van der Waals surface area contributed by atoms with Gasteiger partial charge in [-0.05, 0) is 42.5 Å². The molecule has 0 unspecified atom stereocenters. The Labute approximate surface area is 112 Å². The van der Waals surface area contributed by atoms with Crippen molar-refractivity contribution in [2.24, 2.45) is 0 Å². The van der Waals surface area contributed by atoms with E-state index in [0.717, 1.165) is 11.0 Å². The predicted octanol–water partition coefficient (Wildman–Crippen LogP) is 4.33. The van der Waals surface area contributed by atoms with Crippen LogP contribution in [0.1, 0.15) is 10.4 Å². The number of carbonyl (C=O) groups is 1. The predicted molar refractivity (Wildman–Crippen MR) is 68.9 cm³/mol. The number of halogens is 2. The van der Waals surface area contributed by atoms with E-state index in [9.17, 15) is 9.18 Å². The van der Waals surface area contributed by atoms with Crippen LogP contribution in [0.4, 0.5) is 4.39 Å². The van der Waals surface area contributed by atoms with Crippen LogP contribution in [0.15, 0.2) is 52.3 Å². The summed E-state index contributed by atoms with van der Waals surface area (Å²) in [5.41, 5.74) is -0.0463. The van der Waals surface area contributed by atoms with Crippen molar-refractivity contribution < 1.29 is 14.3 Å². The van der Waals surface area contributed by atoms with Crippen molar-refractivity contribution in [2.45, 2.75) is 9.79 Å². The number of carboxylic acids is 1. The number of benzene rings is 2. The first-order valence-corrected chi connectivity index (χ1v) is 6.22. The van der Waals surface area contributed by atoms with Crippen molar-refractivity contribution in [3.8, 4) is 0 Å². The third-order valence-corrected chi connectivity index (χ3v) is 3.55. The molecule has 18 heavy (non-hydrogen) atoms. The van der Waals surface area contributed by atoms with Crippen molar-refractivity contribution >= 4 is 29.3 Å². The molecule has 0 aromatic heterocycles.